The molecule has 0 atom stereocenters. The molecule has 4 aromatic rings. The summed E-state index contributed by atoms with van der Waals surface area (Å²) in [4.78, 5) is 24.9. The van der Waals surface area contributed by atoms with Crippen molar-refractivity contribution in [2.75, 3.05) is 23.1 Å². The van der Waals surface area contributed by atoms with Crippen molar-refractivity contribution in [2.24, 2.45) is 0 Å². The maximum atomic E-state index is 13.3. The molecule has 2 N–H and O–H groups in total. The number of nitrogens with zero attached hydrogens (tertiary/aromatic N) is 5. The first-order valence-electron chi connectivity index (χ1n) is 9.83. The van der Waals surface area contributed by atoms with Crippen LogP contribution >= 0.6 is 23.2 Å². The number of hydrogen-bond acceptors (Lipinski definition) is 7. The van der Waals surface area contributed by atoms with Gasteiger partial charge >= 0.3 is 0 Å². The van der Waals surface area contributed by atoms with Gasteiger partial charge in [-0.25, -0.2) is 23.9 Å². The lowest BCUT2D eigenvalue weighted by Gasteiger charge is -2.08. The zero-order chi connectivity index (χ0) is 23.4. The van der Waals surface area contributed by atoms with Crippen LogP contribution in [0.15, 0.2) is 43.1 Å². The molecule has 170 valence electrons. The van der Waals surface area contributed by atoms with Crippen molar-refractivity contribution in [2.45, 2.75) is 13.3 Å². The zero-order valence-electron chi connectivity index (χ0n) is 17.3. The molecule has 0 radical (unpaired) electrons. The molecule has 3 aromatic heterocycles. The molecule has 0 bridgehead atoms. The minimum atomic E-state index is -0.606. The van der Waals surface area contributed by atoms with E-state index in [1.165, 1.54) is 30.9 Å². The monoisotopic (exact) mass is 489 g/mol. The van der Waals surface area contributed by atoms with E-state index in [0.717, 1.165) is 23.6 Å². The van der Waals surface area contributed by atoms with Gasteiger partial charge in [0.15, 0.2) is 5.82 Å². The molecule has 0 aliphatic heterocycles. The number of carbonyl (C=O) groups is 1. The molecule has 4 rings (SSSR count). The molecule has 1 amide bonds. The Hall–Kier alpha value is -3.50. The van der Waals surface area contributed by atoms with E-state index in [-0.39, 0.29) is 16.5 Å². The lowest BCUT2D eigenvalue weighted by Crippen LogP contribution is -2.14. The molecular weight excluding hydrogens is 472 g/mol. The first-order valence-corrected chi connectivity index (χ1v) is 10.7. The molecule has 0 spiro atoms. The van der Waals surface area contributed by atoms with Crippen molar-refractivity contribution in [3.63, 3.8) is 0 Å². The SMILES string of the molecule is Cc1c(OCCCCl)cn2ncnc(Nc3cnc(NC(=O)c4ccc(F)c(Cl)c4)nc3)c12. The molecule has 0 aliphatic carbocycles. The van der Waals surface area contributed by atoms with Crippen LogP contribution in [-0.4, -0.2) is 43.0 Å². The highest BCUT2D eigenvalue weighted by Crippen LogP contribution is 2.29. The Morgan fingerprint density at radius 2 is 2.03 bits per heavy atom. The fourth-order valence-corrected chi connectivity index (χ4v) is 3.31. The topological polar surface area (TPSA) is 106 Å². The van der Waals surface area contributed by atoms with Crippen molar-refractivity contribution in [1.29, 1.82) is 0 Å². The van der Waals surface area contributed by atoms with Gasteiger partial charge in [-0.2, -0.15) is 5.10 Å². The number of rotatable bonds is 8. The molecule has 0 saturated heterocycles. The van der Waals surface area contributed by atoms with Gasteiger partial charge in [0.25, 0.3) is 5.91 Å². The minimum Gasteiger partial charge on any atom is -0.492 e. The van der Waals surface area contributed by atoms with Crippen molar-refractivity contribution in [3.8, 4) is 5.75 Å². The molecule has 0 saturated carbocycles. The summed E-state index contributed by atoms with van der Waals surface area (Å²) >= 11 is 11.4. The molecular formula is C21H18Cl2FN7O2. The van der Waals surface area contributed by atoms with E-state index in [9.17, 15) is 9.18 Å². The summed E-state index contributed by atoms with van der Waals surface area (Å²) in [5, 5.41) is 9.77. The van der Waals surface area contributed by atoms with Crippen molar-refractivity contribution < 1.29 is 13.9 Å². The van der Waals surface area contributed by atoms with Gasteiger partial charge in [0.05, 0.1) is 35.9 Å². The van der Waals surface area contributed by atoms with Gasteiger partial charge in [0.2, 0.25) is 5.95 Å². The van der Waals surface area contributed by atoms with E-state index < -0.39 is 11.7 Å². The number of nitrogens with one attached hydrogen (secondary N) is 2. The summed E-state index contributed by atoms with van der Waals surface area (Å²) in [5.74, 6) is 0.710. The number of halogens is 3. The van der Waals surface area contributed by atoms with Crippen molar-refractivity contribution in [3.05, 3.63) is 65.1 Å². The van der Waals surface area contributed by atoms with Gasteiger partial charge in [0, 0.05) is 17.0 Å². The smallest absolute Gasteiger partial charge is 0.258 e. The third-order valence-corrected chi connectivity index (χ3v) is 5.19. The predicted molar refractivity (Wildman–Crippen MR) is 123 cm³/mol. The number of aromatic nitrogens is 5. The van der Waals surface area contributed by atoms with Gasteiger partial charge in [0.1, 0.15) is 23.4 Å². The van der Waals surface area contributed by atoms with Crippen LogP contribution in [0.1, 0.15) is 22.3 Å². The minimum absolute atomic E-state index is 0.0766. The van der Waals surface area contributed by atoms with Crippen LogP contribution in [0.25, 0.3) is 5.52 Å². The number of carbonyl (C=O) groups excluding carboxylic acids is 1. The van der Waals surface area contributed by atoms with E-state index in [0.29, 0.717) is 29.7 Å². The fraction of sp³-hybridized carbons (Fsp3) is 0.190. The lowest BCUT2D eigenvalue weighted by molar-refractivity contribution is 0.102. The highest BCUT2D eigenvalue weighted by Gasteiger charge is 2.15. The average molecular weight is 490 g/mol. The van der Waals surface area contributed by atoms with Crippen LogP contribution in [-0.2, 0) is 0 Å². The number of benzene rings is 1. The average Bonchev–Trinajstić information content (AvgIpc) is 3.13. The molecule has 12 heteroatoms. The van der Waals surface area contributed by atoms with Crippen LogP contribution in [0.3, 0.4) is 0 Å². The number of alkyl halides is 1. The van der Waals surface area contributed by atoms with Crippen LogP contribution in [0.4, 0.5) is 21.8 Å². The Balaban J connectivity index is 1.48. The summed E-state index contributed by atoms with van der Waals surface area (Å²) in [7, 11) is 0. The largest absolute Gasteiger partial charge is 0.492 e. The number of anilines is 3. The number of aryl methyl sites for hydroxylation is 1. The molecule has 9 nitrogen and oxygen atoms in total. The first-order chi connectivity index (χ1) is 16.0. The lowest BCUT2D eigenvalue weighted by atomic mass is 10.2. The Kier molecular flexibility index (Phi) is 6.85. The predicted octanol–water partition coefficient (Wildman–Crippen LogP) is 4.62. The van der Waals surface area contributed by atoms with E-state index in [1.54, 1.807) is 10.7 Å². The maximum absolute atomic E-state index is 13.3. The number of ether oxygens (including phenoxy) is 1. The highest BCUT2D eigenvalue weighted by atomic mass is 35.5. The Morgan fingerprint density at radius 3 is 2.76 bits per heavy atom. The van der Waals surface area contributed by atoms with E-state index in [1.807, 2.05) is 6.92 Å². The normalized spacial score (nSPS) is 10.9. The standard InChI is InChI=1S/C21H18Cl2FN7O2/c1-12-17(33-6-2-5-22)10-31-18(12)19(27-11-28-31)29-14-8-25-21(26-9-14)30-20(32)13-3-4-16(24)15(23)7-13/h3-4,7-11H,2,5-6H2,1H3,(H,27,28,29)(H,25,26,30,32). The zero-order valence-corrected chi connectivity index (χ0v) is 18.9. The Morgan fingerprint density at radius 1 is 1.24 bits per heavy atom. The maximum Gasteiger partial charge on any atom is 0.258 e. The van der Waals surface area contributed by atoms with Crippen LogP contribution < -0.4 is 15.4 Å². The second kappa shape index (κ2) is 9.97. The molecule has 0 fully saturated rings. The first kappa shape index (κ1) is 22.7. The van der Waals surface area contributed by atoms with Crippen molar-refractivity contribution >= 4 is 52.1 Å². The van der Waals surface area contributed by atoms with Gasteiger partial charge in [-0.15, -0.1) is 11.6 Å². The van der Waals surface area contributed by atoms with Crippen LogP contribution in [0, 0.1) is 12.7 Å². The summed E-state index contributed by atoms with van der Waals surface area (Å²) in [6.45, 7) is 2.42. The highest BCUT2D eigenvalue weighted by molar-refractivity contribution is 6.31. The van der Waals surface area contributed by atoms with Gasteiger partial charge in [-0.3, -0.25) is 10.1 Å². The summed E-state index contributed by atoms with van der Waals surface area (Å²) in [6.07, 6.45) is 6.92. The van der Waals surface area contributed by atoms with E-state index in [2.05, 4.69) is 30.7 Å². The van der Waals surface area contributed by atoms with Crippen LogP contribution in [0.2, 0.25) is 5.02 Å². The van der Waals surface area contributed by atoms with Crippen LogP contribution in [0.5, 0.6) is 5.75 Å². The molecule has 1 aromatic carbocycles. The molecule has 0 unspecified atom stereocenters. The van der Waals surface area contributed by atoms with Crippen molar-refractivity contribution in [1.82, 2.24) is 24.6 Å². The molecule has 0 aliphatic rings. The summed E-state index contributed by atoms with van der Waals surface area (Å²) in [5.41, 5.74) is 2.34. The van der Waals surface area contributed by atoms with Gasteiger partial charge in [-0.05, 0) is 31.5 Å². The van der Waals surface area contributed by atoms with E-state index >= 15 is 0 Å². The summed E-state index contributed by atoms with van der Waals surface area (Å²) in [6, 6.07) is 3.67. The second-order valence-electron chi connectivity index (χ2n) is 6.91. The van der Waals surface area contributed by atoms with Gasteiger partial charge in [-0.1, -0.05) is 11.6 Å². The Bertz CT molecular complexity index is 1300. The summed E-state index contributed by atoms with van der Waals surface area (Å²) < 4.78 is 20.7. The number of amides is 1. The third-order valence-electron chi connectivity index (χ3n) is 4.64. The van der Waals surface area contributed by atoms with E-state index in [4.69, 9.17) is 27.9 Å². The number of hydrogen-bond donors (Lipinski definition) is 2. The quantitative estimate of drug-likeness (QED) is 0.274. The van der Waals surface area contributed by atoms with Gasteiger partial charge < -0.3 is 10.1 Å². The molecule has 33 heavy (non-hydrogen) atoms. The third kappa shape index (κ3) is 5.12. The molecule has 3 heterocycles. The number of fused-ring (bicyclic) bond motifs is 1. The Labute approximate surface area is 197 Å². The fourth-order valence-electron chi connectivity index (χ4n) is 3.02. The second-order valence-corrected chi connectivity index (χ2v) is 7.70.